The van der Waals surface area contributed by atoms with Crippen molar-refractivity contribution in [3.05, 3.63) is 0 Å². The maximum Gasteiger partial charge on any atom is 0.414 e. The summed E-state index contributed by atoms with van der Waals surface area (Å²) in [4.78, 5) is 21.6. The van der Waals surface area contributed by atoms with Gasteiger partial charge in [-0.15, -0.1) is 0 Å². The van der Waals surface area contributed by atoms with Crippen LogP contribution in [-0.4, -0.2) is 33.9 Å². The fourth-order valence-corrected chi connectivity index (χ4v) is 0.793. The quantitative estimate of drug-likeness (QED) is 0.689. The summed E-state index contributed by atoms with van der Waals surface area (Å²) in [6, 6.07) is 0. The topological polar surface area (TPSA) is 57.6 Å². The van der Waals surface area contributed by atoms with Crippen LogP contribution in [-0.2, 0) is 4.79 Å². The molecule has 0 rings (SSSR count). The second-order valence-electron chi connectivity index (χ2n) is 1.55. The Bertz CT molecular complexity index is 148. The van der Waals surface area contributed by atoms with Gasteiger partial charge in [0.25, 0.3) is 0 Å². The van der Waals surface area contributed by atoms with Crippen molar-refractivity contribution in [2.45, 2.75) is 6.92 Å². The van der Waals surface area contributed by atoms with Gasteiger partial charge >= 0.3 is 6.09 Å². The molecule has 0 aromatic carbocycles. The van der Waals surface area contributed by atoms with Gasteiger partial charge in [0, 0.05) is 6.54 Å². The normalized spacial score (nSPS) is 9.00. The number of carbonyl (C=O) groups excluding carboxylic acids is 1. The van der Waals surface area contributed by atoms with Crippen molar-refractivity contribution in [2.75, 3.05) is 11.9 Å². The third-order valence-electron chi connectivity index (χ3n) is 0.963. The molecular formula is C5H8BrNO3. The lowest BCUT2D eigenvalue weighted by Gasteiger charge is -2.12. The van der Waals surface area contributed by atoms with Gasteiger partial charge < -0.3 is 5.11 Å². The third-order valence-corrected chi connectivity index (χ3v) is 1.44. The van der Waals surface area contributed by atoms with Crippen molar-refractivity contribution in [2.24, 2.45) is 0 Å². The zero-order valence-electron chi connectivity index (χ0n) is 5.50. The van der Waals surface area contributed by atoms with Crippen molar-refractivity contribution in [1.82, 2.24) is 4.90 Å². The van der Waals surface area contributed by atoms with E-state index in [0.717, 1.165) is 4.90 Å². The summed E-state index contributed by atoms with van der Waals surface area (Å²) < 4.78 is 0. The summed E-state index contributed by atoms with van der Waals surface area (Å²) in [7, 11) is 0. The zero-order valence-corrected chi connectivity index (χ0v) is 7.09. The van der Waals surface area contributed by atoms with Crippen LogP contribution in [0.25, 0.3) is 0 Å². The molecule has 10 heavy (non-hydrogen) atoms. The van der Waals surface area contributed by atoms with Crippen LogP contribution in [0.4, 0.5) is 4.79 Å². The van der Waals surface area contributed by atoms with Crippen LogP contribution in [0.2, 0.25) is 0 Å². The van der Waals surface area contributed by atoms with Crippen molar-refractivity contribution in [3.8, 4) is 0 Å². The monoisotopic (exact) mass is 209 g/mol. The number of nitrogens with zero attached hydrogens (tertiary/aromatic N) is 1. The number of hydrogen-bond donors (Lipinski definition) is 1. The molecule has 2 amide bonds. The first kappa shape index (κ1) is 9.42. The first-order valence-electron chi connectivity index (χ1n) is 2.72. The zero-order chi connectivity index (χ0) is 8.15. The summed E-state index contributed by atoms with van der Waals surface area (Å²) in [6.07, 6.45) is -1.20. The highest BCUT2D eigenvalue weighted by Gasteiger charge is 2.15. The maximum absolute atomic E-state index is 10.7. The summed E-state index contributed by atoms with van der Waals surface area (Å²) >= 11 is 2.87. The molecular weight excluding hydrogens is 202 g/mol. The fraction of sp³-hybridized carbons (Fsp3) is 0.600. The number of rotatable bonds is 2. The second-order valence-corrected chi connectivity index (χ2v) is 2.11. The standard InChI is InChI=1S/C5H8BrNO3/c1-2-7(5(9)10)4(8)3-6/h2-3H2,1H3,(H,9,10). The molecule has 0 bridgehead atoms. The number of hydrogen-bond acceptors (Lipinski definition) is 2. The first-order chi connectivity index (χ1) is 4.63. The smallest absolute Gasteiger partial charge is 0.414 e. The van der Waals surface area contributed by atoms with E-state index in [4.69, 9.17) is 5.11 Å². The number of amides is 2. The van der Waals surface area contributed by atoms with E-state index in [1.54, 1.807) is 6.92 Å². The Labute approximate surface area is 66.9 Å². The molecule has 0 aliphatic heterocycles. The van der Waals surface area contributed by atoms with Crippen molar-refractivity contribution < 1.29 is 14.7 Å². The van der Waals surface area contributed by atoms with Crippen LogP contribution in [0.3, 0.4) is 0 Å². The van der Waals surface area contributed by atoms with E-state index in [1.807, 2.05) is 0 Å². The minimum atomic E-state index is -1.20. The Morgan fingerprint density at radius 3 is 2.20 bits per heavy atom. The minimum absolute atomic E-state index is 0.0488. The van der Waals surface area contributed by atoms with Crippen LogP contribution >= 0.6 is 15.9 Å². The predicted octanol–water partition coefficient (Wildman–Crippen LogP) is 0.908. The Balaban J connectivity index is 4.06. The maximum atomic E-state index is 10.7. The molecule has 0 aromatic rings. The van der Waals surface area contributed by atoms with E-state index < -0.39 is 12.0 Å². The largest absolute Gasteiger partial charge is 0.465 e. The summed E-state index contributed by atoms with van der Waals surface area (Å²) in [5, 5.41) is 8.41. The van der Waals surface area contributed by atoms with Gasteiger partial charge in [-0.1, -0.05) is 15.9 Å². The predicted molar refractivity (Wildman–Crippen MR) is 39.2 cm³/mol. The number of carboxylic acid groups (broad SMARTS) is 1. The van der Waals surface area contributed by atoms with Crippen LogP contribution in [0, 0.1) is 0 Å². The number of carbonyl (C=O) groups is 2. The minimum Gasteiger partial charge on any atom is -0.465 e. The van der Waals surface area contributed by atoms with Gasteiger partial charge in [-0.25, -0.2) is 9.69 Å². The van der Waals surface area contributed by atoms with E-state index in [0.29, 0.717) is 0 Å². The molecule has 0 atom stereocenters. The Kier molecular flexibility index (Phi) is 4.02. The first-order valence-corrected chi connectivity index (χ1v) is 3.84. The van der Waals surface area contributed by atoms with Gasteiger partial charge in [0.1, 0.15) is 0 Å². The van der Waals surface area contributed by atoms with Gasteiger partial charge in [-0.3, -0.25) is 4.79 Å². The second kappa shape index (κ2) is 4.27. The van der Waals surface area contributed by atoms with E-state index in [2.05, 4.69) is 15.9 Å². The molecule has 0 radical (unpaired) electrons. The third kappa shape index (κ3) is 2.34. The Morgan fingerprint density at radius 2 is 2.10 bits per heavy atom. The van der Waals surface area contributed by atoms with Crippen LogP contribution in [0.15, 0.2) is 0 Å². The van der Waals surface area contributed by atoms with Crippen LogP contribution < -0.4 is 0 Å². The van der Waals surface area contributed by atoms with E-state index in [-0.39, 0.29) is 11.9 Å². The summed E-state index contributed by atoms with van der Waals surface area (Å²) in [6.45, 7) is 1.80. The van der Waals surface area contributed by atoms with Crippen molar-refractivity contribution >= 4 is 27.9 Å². The van der Waals surface area contributed by atoms with Crippen LogP contribution in [0.1, 0.15) is 6.92 Å². The van der Waals surface area contributed by atoms with Crippen molar-refractivity contribution in [3.63, 3.8) is 0 Å². The number of imide groups is 1. The average Bonchev–Trinajstić information content (AvgIpc) is 1.88. The van der Waals surface area contributed by atoms with Gasteiger partial charge in [0.15, 0.2) is 0 Å². The molecule has 0 unspecified atom stereocenters. The lowest BCUT2D eigenvalue weighted by atomic mass is 10.5. The summed E-state index contributed by atoms with van der Waals surface area (Å²) in [5.41, 5.74) is 0. The lowest BCUT2D eigenvalue weighted by Crippen LogP contribution is -2.36. The molecule has 0 saturated carbocycles. The molecule has 0 aromatic heterocycles. The average molecular weight is 210 g/mol. The lowest BCUT2D eigenvalue weighted by molar-refractivity contribution is -0.126. The molecule has 1 N–H and O–H groups in total. The highest BCUT2D eigenvalue weighted by Crippen LogP contribution is 1.93. The number of halogens is 1. The molecule has 0 heterocycles. The van der Waals surface area contributed by atoms with E-state index in [9.17, 15) is 9.59 Å². The van der Waals surface area contributed by atoms with Gasteiger partial charge in [-0.05, 0) is 6.92 Å². The highest BCUT2D eigenvalue weighted by molar-refractivity contribution is 9.09. The van der Waals surface area contributed by atoms with Gasteiger partial charge in [0.05, 0.1) is 5.33 Å². The van der Waals surface area contributed by atoms with E-state index >= 15 is 0 Å². The molecule has 58 valence electrons. The molecule has 4 nitrogen and oxygen atoms in total. The van der Waals surface area contributed by atoms with Crippen LogP contribution in [0.5, 0.6) is 0 Å². The fourth-order valence-electron chi connectivity index (χ4n) is 0.490. The van der Waals surface area contributed by atoms with Crippen molar-refractivity contribution in [1.29, 1.82) is 0 Å². The molecule has 0 aliphatic carbocycles. The van der Waals surface area contributed by atoms with Gasteiger partial charge in [0.2, 0.25) is 5.91 Å². The Morgan fingerprint density at radius 1 is 1.60 bits per heavy atom. The molecule has 0 fully saturated rings. The molecule has 5 heteroatoms. The Hall–Kier alpha value is -0.580. The number of alkyl halides is 1. The van der Waals surface area contributed by atoms with Gasteiger partial charge in [-0.2, -0.15) is 0 Å². The summed E-state index contributed by atoms with van der Waals surface area (Å²) in [5.74, 6) is -0.435. The van der Waals surface area contributed by atoms with E-state index in [1.165, 1.54) is 0 Å². The molecule has 0 saturated heterocycles. The molecule has 0 spiro atoms. The highest BCUT2D eigenvalue weighted by atomic mass is 79.9. The SMILES string of the molecule is CCN(C(=O)O)C(=O)CBr. The molecule has 0 aliphatic rings.